The van der Waals surface area contributed by atoms with E-state index < -0.39 is 0 Å². The van der Waals surface area contributed by atoms with Crippen LogP contribution >= 0.6 is 11.6 Å². The van der Waals surface area contributed by atoms with Gasteiger partial charge in [0.2, 0.25) is 0 Å². The number of hydrogen-bond donors (Lipinski definition) is 1. The van der Waals surface area contributed by atoms with Gasteiger partial charge in [0.05, 0.1) is 5.69 Å². The second-order valence-electron chi connectivity index (χ2n) is 7.21. The van der Waals surface area contributed by atoms with Gasteiger partial charge in [-0.2, -0.15) is 0 Å². The Morgan fingerprint density at radius 2 is 1.71 bits per heavy atom. The molecular weight excluding hydrogens is 366 g/mol. The molecule has 0 saturated heterocycles. The largest absolute Gasteiger partial charge is 0.487 e. The molecule has 152 valence electrons. The molecule has 2 aliphatic rings. The molecule has 0 atom stereocenters. The fraction of sp³-hybridized carbons (Fsp3) is 0.440. The van der Waals surface area contributed by atoms with E-state index in [9.17, 15) is 0 Å². The summed E-state index contributed by atoms with van der Waals surface area (Å²) in [4.78, 5) is 0. The van der Waals surface area contributed by atoms with Crippen LogP contribution in [0.25, 0.3) is 0 Å². The maximum atomic E-state index is 6.21. The van der Waals surface area contributed by atoms with Gasteiger partial charge in [-0.05, 0) is 68.2 Å². The molecule has 2 saturated carbocycles. The Bertz CT molecular complexity index is 770. The third-order valence-electron chi connectivity index (χ3n) is 5.26. The average molecular weight is 400 g/mol. The lowest BCUT2D eigenvalue weighted by molar-refractivity contribution is 0.306. The molecule has 28 heavy (non-hydrogen) atoms. The lowest BCUT2D eigenvalue weighted by atomic mass is 9.80. The van der Waals surface area contributed by atoms with Crippen LogP contribution in [0.4, 0.5) is 5.69 Å². The Balaban J connectivity index is 0.000000342. The first-order chi connectivity index (χ1) is 13.6. The number of halogens is 1. The minimum Gasteiger partial charge on any atom is -0.487 e. The number of hydrogen-bond acceptors (Lipinski definition) is 2. The molecule has 0 spiro atoms. The SMILES string of the molecule is CC.CC=C1CC1.Cc1ccc(OCc2ccc(C3CCC3)cc2)c(Cl)c1N. The molecule has 0 aliphatic heterocycles. The van der Waals surface area contributed by atoms with Crippen LogP contribution in [0.2, 0.25) is 5.02 Å². The summed E-state index contributed by atoms with van der Waals surface area (Å²) in [6.45, 7) is 8.54. The van der Waals surface area contributed by atoms with Crippen molar-refractivity contribution in [3.05, 3.63) is 69.8 Å². The van der Waals surface area contributed by atoms with Crippen molar-refractivity contribution in [1.29, 1.82) is 0 Å². The van der Waals surface area contributed by atoms with E-state index in [1.807, 2.05) is 32.9 Å². The van der Waals surface area contributed by atoms with Gasteiger partial charge in [-0.1, -0.05) is 73.9 Å². The van der Waals surface area contributed by atoms with E-state index >= 15 is 0 Å². The number of rotatable bonds is 4. The second kappa shape index (κ2) is 11.2. The summed E-state index contributed by atoms with van der Waals surface area (Å²) in [6, 6.07) is 12.5. The van der Waals surface area contributed by atoms with E-state index in [4.69, 9.17) is 22.1 Å². The lowest BCUT2D eigenvalue weighted by Crippen LogP contribution is -2.08. The fourth-order valence-electron chi connectivity index (χ4n) is 2.93. The number of nitrogens with two attached hydrogens (primary N) is 1. The number of benzene rings is 2. The van der Waals surface area contributed by atoms with E-state index in [2.05, 4.69) is 37.3 Å². The van der Waals surface area contributed by atoms with E-state index in [1.165, 1.54) is 37.7 Å². The van der Waals surface area contributed by atoms with E-state index in [0.717, 1.165) is 17.0 Å². The van der Waals surface area contributed by atoms with Gasteiger partial charge in [-0.15, -0.1) is 0 Å². The van der Waals surface area contributed by atoms with Gasteiger partial charge in [0.15, 0.2) is 0 Å². The first-order valence-electron chi connectivity index (χ1n) is 10.5. The second-order valence-corrected chi connectivity index (χ2v) is 7.59. The predicted octanol–water partition coefficient (Wildman–Crippen LogP) is 7.83. The van der Waals surface area contributed by atoms with Crippen LogP contribution in [0.1, 0.15) is 75.5 Å². The van der Waals surface area contributed by atoms with Crippen LogP contribution in [0, 0.1) is 6.92 Å². The van der Waals surface area contributed by atoms with Crippen molar-refractivity contribution in [2.24, 2.45) is 0 Å². The van der Waals surface area contributed by atoms with Crippen molar-refractivity contribution in [2.45, 2.75) is 72.3 Å². The third kappa shape index (κ3) is 6.31. The highest BCUT2D eigenvalue weighted by Gasteiger charge is 2.19. The number of ether oxygens (including phenoxy) is 1. The van der Waals surface area contributed by atoms with Gasteiger partial charge in [-0.25, -0.2) is 0 Å². The Morgan fingerprint density at radius 3 is 2.18 bits per heavy atom. The monoisotopic (exact) mass is 399 g/mol. The minimum atomic E-state index is 0.501. The van der Waals surface area contributed by atoms with Crippen molar-refractivity contribution in [3.8, 4) is 5.75 Å². The summed E-state index contributed by atoms with van der Waals surface area (Å²) in [5.74, 6) is 1.41. The molecule has 0 aromatic heterocycles. The van der Waals surface area contributed by atoms with E-state index in [0.29, 0.717) is 23.1 Å². The normalized spacial score (nSPS) is 14.7. The highest BCUT2D eigenvalue weighted by molar-refractivity contribution is 6.34. The number of aryl methyl sites for hydroxylation is 1. The molecule has 0 bridgehead atoms. The van der Waals surface area contributed by atoms with E-state index in [-0.39, 0.29) is 0 Å². The molecule has 2 aliphatic carbocycles. The molecule has 2 aromatic carbocycles. The summed E-state index contributed by atoms with van der Waals surface area (Å²) in [5.41, 5.74) is 11.7. The summed E-state index contributed by atoms with van der Waals surface area (Å²) in [6.07, 6.45) is 8.96. The van der Waals surface area contributed by atoms with Crippen LogP contribution in [-0.4, -0.2) is 0 Å². The maximum Gasteiger partial charge on any atom is 0.140 e. The standard InChI is InChI=1S/C18H20ClNO.C5H8.C2H6/c1-12-5-10-16(17(19)18(12)20)21-11-13-6-8-15(9-7-13)14-3-2-4-14;1-2-5-3-4-5;1-2/h5-10,14H,2-4,11,20H2,1H3;2H,3-4H2,1H3;1-2H3. The van der Waals surface area contributed by atoms with Crippen molar-refractivity contribution in [3.63, 3.8) is 0 Å². The minimum absolute atomic E-state index is 0.501. The maximum absolute atomic E-state index is 6.21. The molecule has 0 radical (unpaired) electrons. The van der Waals surface area contributed by atoms with Crippen LogP contribution in [0.5, 0.6) is 5.75 Å². The highest BCUT2D eigenvalue weighted by atomic mass is 35.5. The lowest BCUT2D eigenvalue weighted by Gasteiger charge is -2.25. The molecule has 0 unspecified atom stereocenters. The van der Waals surface area contributed by atoms with Gasteiger partial charge in [0.1, 0.15) is 17.4 Å². The molecule has 3 heteroatoms. The Labute approximate surface area is 175 Å². The van der Waals surface area contributed by atoms with Gasteiger partial charge >= 0.3 is 0 Å². The first kappa shape index (κ1) is 22.4. The predicted molar refractivity (Wildman–Crippen MR) is 122 cm³/mol. The molecule has 0 amide bonds. The molecule has 2 aromatic rings. The molecule has 0 heterocycles. The molecule has 4 rings (SSSR count). The molecular formula is C25H34ClNO. The summed E-state index contributed by atoms with van der Waals surface area (Å²) >= 11 is 6.21. The Morgan fingerprint density at radius 1 is 1.07 bits per heavy atom. The van der Waals surface area contributed by atoms with Gasteiger partial charge in [0, 0.05) is 0 Å². The van der Waals surface area contributed by atoms with Gasteiger partial charge in [0.25, 0.3) is 0 Å². The number of nitrogen functional groups attached to an aromatic ring is 1. The van der Waals surface area contributed by atoms with Crippen molar-refractivity contribution < 1.29 is 4.74 Å². The fourth-order valence-corrected chi connectivity index (χ4v) is 3.20. The van der Waals surface area contributed by atoms with Crippen molar-refractivity contribution in [1.82, 2.24) is 0 Å². The van der Waals surface area contributed by atoms with E-state index in [1.54, 1.807) is 5.57 Å². The molecule has 2 fully saturated rings. The smallest absolute Gasteiger partial charge is 0.140 e. The third-order valence-corrected chi connectivity index (χ3v) is 5.65. The molecule has 2 N–H and O–H groups in total. The van der Waals surface area contributed by atoms with Crippen molar-refractivity contribution in [2.75, 3.05) is 5.73 Å². The summed E-state index contributed by atoms with van der Waals surface area (Å²) < 4.78 is 5.79. The average Bonchev–Trinajstić information content (AvgIpc) is 3.52. The zero-order valence-corrected chi connectivity index (χ0v) is 18.5. The van der Waals surface area contributed by atoms with Crippen LogP contribution in [-0.2, 0) is 6.61 Å². The number of allylic oxidation sites excluding steroid dienone is 2. The molecule has 2 nitrogen and oxygen atoms in total. The number of anilines is 1. The Hall–Kier alpha value is -1.93. The first-order valence-corrected chi connectivity index (χ1v) is 10.9. The Kier molecular flexibility index (Phi) is 8.92. The zero-order valence-electron chi connectivity index (χ0n) is 17.7. The topological polar surface area (TPSA) is 35.2 Å². The highest BCUT2D eigenvalue weighted by Crippen LogP contribution is 2.36. The van der Waals surface area contributed by atoms with Crippen LogP contribution in [0.3, 0.4) is 0 Å². The van der Waals surface area contributed by atoms with Crippen LogP contribution in [0.15, 0.2) is 48.0 Å². The quantitative estimate of drug-likeness (QED) is 0.419. The van der Waals surface area contributed by atoms with Crippen molar-refractivity contribution >= 4 is 17.3 Å². The summed E-state index contributed by atoms with van der Waals surface area (Å²) in [7, 11) is 0. The summed E-state index contributed by atoms with van der Waals surface area (Å²) in [5, 5.41) is 0.501. The zero-order chi connectivity index (χ0) is 20.5. The van der Waals surface area contributed by atoms with Crippen LogP contribution < -0.4 is 10.5 Å². The van der Waals surface area contributed by atoms with Gasteiger partial charge < -0.3 is 10.5 Å². The van der Waals surface area contributed by atoms with Gasteiger partial charge in [-0.3, -0.25) is 0 Å².